The van der Waals surface area contributed by atoms with E-state index in [2.05, 4.69) is 55.0 Å². The Labute approximate surface area is 134 Å². The van der Waals surface area contributed by atoms with Crippen molar-refractivity contribution in [2.24, 2.45) is 41.4 Å². The van der Waals surface area contributed by atoms with Crippen LogP contribution in [0.5, 0.6) is 0 Å². The highest BCUT2D eigenvalue weighted by atomic mass is 14.4. The molecular weight excluding hydrogens is 252 g/mol. The maximum Gasteiger partial charge on any atom is -0.0173 e. The van der Waals surface area contributed by atoms with Crippen LogP contribution >= 0.6 is 0 Å². The Bertz CT molecular complexity index is 314. The summed E-state index contributed by atoms with van der Waals surface area (Å²) < 4.78 is 0. The van der Waals surface area contributed by atoms with Gasteiger partial charge >= 0.3 is 0 Å². The summed E-state index contributed by atoms with van der Waals surface area (Å²) in [7, 11) is 0. The maximum absolute atomic E-state index is 4.45. The first-order valence-corrected chi connectivity index (χ1v) is 9.52. The lowest BCUT2D eigenvalue weighted by atomic mass is 9.65. The second-order valence-corrected chi connectivity index (χ2v) is 8.12. The molecule has 0 nitrogen and oxygen atoms in total. The van der Waals surface area contributed by atoms with Gasteiger partial charge in [-0.3, -0.25) is 0 Å². The number of allylic oxidation sites excluding steroid dienone is 1. The van der Waals surface area contributed by atoms with E-state index in [1.165, 1.54) is 31.3 Å². The van der Waals surface area contributed by atoms with Crippen LogP contribution in [0.3, 0.4) is 0 Å². The van der Waals surface area contributed by atoms with E-state index in [9.17, 15) is 0 Å². The van der Waals surface area contributed by atoms with Gasteiger partial charge in [-0.1, -0.05) is 79.9 Å². The molecule has 1 aliphatic carbocycles. The molecular formula is C21H40. The van der Waals surface area contributed by atoms with Gasteiger partial charge in [-0.2, -0.15) is 0 Å². The molecule has 6 unspecified atom stereocenters. The van der Waals surface area contributed by atoms with Crippen molar-refractivity contribution in [2.45, 2.75) is 80.6 Å². The van der Waals surface area contributed by atoms with Crippen LogP contribution in [0.4, 0.5) is 0 Å². The highest BCUT2D eigenvalue weighted by Gasteiger charge is 2.37. The average Bonchev–Trinajstić information content (AvgIpc) is 2.50. The summed E-state index contributed by atoms with van der Waals surface area (Å²) in [4.78, 5) is 0. The molecule has 0 bridgehead atoms. The van der Waals surface area contributed by atoms with E-state index in [1.54, 1.807) is 0 Å². The van der Waals surface area contributed by atoms with Crippen molar-refractivity contribution in [1.82, 2.24) is 0 Å². The van der Waals surface area contributed by atoms with E-state index in [4.69, 9.17) is 0 Å². The summed E-state index contributed by atoms with van der Waals surface area (Å²) in [5.74, 6) is 5.73. The zero-order chi connectivity index (χ0) is 16.2. The topological polar surface area (TPSA) is 0 Å². The molecule has 0 heterocycles. The van der Waals surface area contributed by atoms with Crippen molar-refractivity contribution < 1.29 is 0 Å². The molecule has 0 N–H and O–H groups in total. The standard InChI is InChI=1S/C21H40/c1-9-15(5)20-13-11-12-19(10-2)17(7)16(6)18(8)21(20)14(3)4/h14,16-21H,5,9-13H2,1-4,6-8H3. The van der Waals surface area contributed by atoms with Crippen LogP contribution in [0.2, 0.25) is 0 Å². The van der Waals surface area contributed by atoms with E-state index in [-0.39, 0.29) is 0 Å². The Balaban J connectivity index is 3.10. The van der Waals surface area contributed by atoms with Crippen LogP contribution in [0.25, 0.3) is 0 Å². The smallest absolute Gasteiger partial charge is 0.0173 e. The average molecular weight is 293 g/mol. The predicted molar refractivity (Wildman–Crippen MR) is 96.4 cm³/mol. The zero-order valence-electron chi connectivity index (χ0n) is 15.8. The summed E-state index contributed by atoms with van der Waals surface area (Å²) in [5, 5.41) is 0. The van der Waals surface area contributed by atoms with Crippen LogP contribution in [0.15, 0.2) is 12.2 Å². The summed E-state index contributed by atoms with van der Waals surface area (Å²) >= 11 is 0. The Kier molecular flexibility index (Phi) is 7.51. The van der Waals surface area contributed by atoms with E-state index in [0.29, 0.717) is 0 Å². The van der Waals surface area contributed by atoms with Crippen LogP contribution in [-0.2, 0) is 0 Å². The molecule has 0 spiro atoms. The zero-order valence-corrected chi connectivity index (χ0v) is 15.8. The third kappa shape index (κ3) is 4.36. The number of hydrogen-bond donors (Lipinski definition) is 0. The third-order valence-corrected chi connectivity index (χ3v) is 6.84. The van der Waals surface area contributed by atoms with Gasteiger partial charge in [-0.05, 0) is 54.3 Å². The quantitative estimate of drug-likeness (QED) is 0.491. The first-order chi connectivity index (χ1) is 9.84. The molecule has 1 rings (SSSR count). The largest absolute Gasteiger partial charge is 0.0996 e. The maximum atomic E-state index is 4.45. The second kappa shape index (κ2) is 8.39. The molecule has 0 aromatic heterocycles. The minimum Gasteiger partial charge on any atom is -0.0996 e. The minimum absolute atomic E-state index is 0.746. The molecule has 0 saturated heterocycles. The normalized spacial score (nSPS) is 38.7. The molecule has 0 radical (unpaired) electrons. The van der Waals surface area contributed by atoms with Gasteiger partial charge in [0.05, 0.1) is 0 Å². The van der Waals surface area contributed by atoms with Gasteiger partial charge in [0.25, 0.3) is 0 Å². The molecule has 1 aliphatic rings. The van der Waals surface area contributed by atoms with Crippen LogP contribution in [0.1, 0.15) is 80.6 Å². The SMILES string of the molecule is C=C(CC)C1CCCC(CC)C(C)C(C)C(C)C1C(C)C. The molecule has 21 heavy (non-hydrogen) atoms. The van der Waals surface area contributed by atoms with Crippen molar-refractivity contribution in [3.8, 4) is 0 Å². The first kappa shape index (κ1) is 18.8. The van der Waals surface area contributed by atoms with Gasteiger partial charge in [0.15, 0.2) is 0 Å². The second-order valence-electron chi connectivity index (χ2n) is 8.12. The molecule has 0 heteroatoms. The fraction of sp³-hybridized carbons (Fsp3) is 0.905. The molecule has 1 saturated carbocycles. The Morgan fingerprint density at radius 2 is 1.62 bits per heavy atom. The summed E-state index contributed by atoms with van der Waals surface area (Å²) in [5.41, 5.74) is 1.51. The van der Waals surface area contributed by atoms with Crippen molar-refractivity contribution in [2.75, 3.05) is 0 Å². The monoisotopic (exact) mass is 292 g/mol. The van der Waals surface area contributed by atoms with Crippen molar-refractivity contribution in [3.63, 3.8) is 0 Å². The van der Waals surface area contributed by atoms with Gasteiger partial charge in [-0.25, -0.2) is 0 Å². The van der Waals surface area contributed by atoms with Crippen LogP contribution in [0, 0.1) is 41.4 Å². The van der Waals surface area contributed by atoms with Gasteiger partial charge in [0.2, 0.25) is 0 Å². The summed E-state index contributed by atoms with van der Waals surface area (Å²) in [6, 6.07) is 0. The molecule has 1 fully saturated rings. The third-order valence-electron chi connectivity index (χ3n) is 6.84. The van der Waals surface area contributed by atoms with E-state index < -0.39 is 0 Å². The van der Waals surface area contributed by atoms with Gasteiger partial charge in [-0.15, -0.1) is 0 Å². The van der Waals surface area contributed by atoms with Gasteiger partial charge < -0.3 is 0 Å². The molecule has 0 aliphatic heterocycles. The fourth-order valence-corrected chi connectivity index (χ4v) is 5.07. The van der Waals surface area contributed by atoms with E-state index in [1.807, 2.05) is 0 Å². The Morgan fingerprint density at radius 1 is 1.00 bits per heavy atom. The Hall–Kier alpha value is -0.260. The molecule has 6 atom stereocenters. The number of hydrogen-bond acceptors (Lipinski definition) is 0. The van der Waals surface area contributed by atoms with Crippen molar-refractivity contribution in [3.05, 3.63) is 12.2 Å². The Morgan fingerprint density at radius 3 is 2.10 bits per heavy atom. The lowest BCUT2D eigenvalue weighted by Gasteiger charge is -2.40. The summed E-state index contributed by atoms with van der Waals surface area (Å²) in [6.07, 6.45) is 6.70. The van der Waals surface area contributed by atoms with Gasteiger partial charge in [0, 0.05) is 0 Å². The molecule has 0 amide bonds. The van der Waals surface area contributed by atoms with Crippen molar-refractivity contribution in [1.29, 1.82) is 0 Å². The van der Waals surface area contributed by atoms with Crippen molar-refractivity contribution >= 4 is 0 Å². The van der Waals surface area contributed by atoms with Crippen LogP contribution in [-0.4, -0.2) is 0 Å². The lowest BCUT2D eigenvalue weighted by Crippen LogP contribution is -2.34. The van der Waals surface area contributed by atoms with Crippen LogP contribution < -0.4 is 0 Å². The fourth-order valence-electron chi connectivity index (χ4n) is 5.07. The molecule has 0 aromatic rings. The molecule has 124 valence electrons. The summed E-state index contributed by atoms with van der Waals surface area (Å²) in [6.45, 7) is 21.6. The number of rotatable bonds is 4. The first-order valence-electron chi connectivity index (χ1n) is 9.52. The highest BCUT2D eigenvalue weighted by Crippen LogP contribution is 2.45. The van der Waals surface area contributed by atoms with E-state index in [0.717, 1.165) is 47.8 Å². The molecule has 0 aromatic carbocycles. The van der Waals surface area contributed by atoms with Gasteiger partial charge in [0.1, 0.15) is 0 Å². The highest BCUT2D eigenvalue weighted by molar-refractivity contribution is 5.04. The predicted octanol–water partition coefficient (Wildman–Crippen LogP) is 6.96. The van der Waals surface area contributed by atoms with E-state index >= 15 is 0 Å². The lowest BCUT2D eigenvalue weighted by molar-refractivity contribution is 0.105. The minimum atomic E-state index is 0.746.